The van der Waals surface area contributed by atoms with Crippen LogP contribution in [-0.2, 0) is 13.0 Å². The van der Waals surface area contributed by atoms with Crippen molar-refractivity contribution >= 4 is 15.9 Å². The molecule has 0 saturated carbocycles. The Bertz CT molecular complexity index is 346. The summed E-state index contributed by atoms with van der Waals surface area (Å²) in [6.07, 6.45) is 1.18. The summed E-state index contributed by atoms with van der Waals surface area (Å²) in [6.45, 7) is 8.11. The Morgan fingerprint density at radius 2 is 2.20 bits per heavy atom. The molecule has 0 aliphatic carbocycles. The molecule has 0 N–H and O–H groups in total. The molecule has 1 aromatic carbocycles. The van der Waals surface area contributed by atoms with Gasteiger partial charge in [-0.2, -0.15) is 0 Å². The van der Waals surface area contributed by atoms with E-state index in [1.54, 1.807) is 0 Å². The molecule has 1 nitrogen and oxygen atoms in total. The van der Waals surface area contributed by atoms with Gasteiger partial charge >= 0.3 is 0 Å². The Labute approximate surface area is 101 Å². The van der Waals surface area contributed by atoms with Gasteiger partial charge in [0.05, 0.1) is 0 Å². The molecule has 15 heavy (non-hydrogen) atoms. The van der Waals surface area contributed by atoms with Crippen molar-refractivity contribution in [3.63, 3.8) is 0 Å². The second-order valence-corrected chi connectivity index (χ2v) is 5.61. The molecule has 2 heteroatoms. The summed E-state index contributed by atoms with van der Waals surface area (Å²) in [5.74, 6) is 0.763. The molecule has 0 bridgehead atoms. The molecule has 2 rings (SSSR count). The third-order valence-corrected chi connectivity index (χ3v) is 3.65. The first-order valence-electron chi connectivity index (χ1n) is 5.65. The molecule has 1 aliphatic rings. The summed E-state index contributed by atoms with van der Waals surface area (Å²) >= 11 is 3.63. The van der Waals surface area contributed by atoms with Gasteiger partial charge in [-0.1, -0.05) is 41.9 Å². The predicted octanol–water partition coefficient (Wildman–Crippen LogP) is 3.46. The zero-order valence-electron chi connectivity index (χ0n) is 9.46. The molecule has 0 unspecified atom stereocenters. The molecule has 0 spiro atoms. The van der Waals surface area contributed by atoms with Crippen LogP contribution in [0.4, 0.5) is 0 Å². The second-order valence-electron chi connectivity index (χ2n) is 4.76. The van der Waals surface area contributed by atoms with Gasteiger partial charge in [-0.15, -0.1) is 0 Å². The lowest BCUT2D eigenvalue weighted by Crippen LogP contribution is -2.33. The summed E-state index contributed by atoms with van der Waals surface area (Å²) < 4.78 is 1.28. The van der Waals surface area contributed by atoms with Crippen LogP contribution < -0.4 is 0 Å². The van der Waals surface area contributed by atoms with E-state index in [9.17, 15) is 0 Å². The summed E-state index contributed by atoms with van der Waals surface area (Å²) in [5, 5.41) is 0. The van der Waals surface area contributed by atoms with Crippen molar-refractivity contribution < 1.29 is 0 Å². The number of rotatable bonds is 2. The van der Waals surface area contributed by atoms with Gasteiger partial charge in [-0.3, -0.25) is 4.90 Å². The highest BCUT2D eigenvalue weighted by Gasteiger charge is 2.17. The van der Waals surface area contributed by atoms with Crippen molar-refractivity contribution in [3.05, 3.63) is 33.8 Å². The molecule has 0 fully saturated rings. The van der Waals surface area contributed by atoms with Gasteiger partial charge in [0.1, 0.15) is 0 Å². The lowest BCUT2D eigenvalue weighted by Gasteiger charge is -2.30. The van der Waals surface area contributed by atoms with Crippen LogP contribution in [0.2, 0.25) is 0 Å². The summed E-state index contributed by atoms with van der Waals surface area (Å²) in [4.78, 5) is 2.55. The van der Waals surface area contributed by atoms with Gasteiger partial charge in [0.25, 0.3) is 0 Å². The van der Waals surface area contributed by atoms with Crippen molar-refractivity contribution in [1.29, 1.82) is 0 Å². The average molecular weight is 268 g/mol. The summed E-state index contributed by atoms with van der Waals surface area (Å²) in [5.41, 5.74) is 3.01. The first kappa shape index (κ1) is 11.2. The van der Waals surface area contributed by atoms with Crippen LogP contribution in [0.1, 0.15) is 25.0 Å². The molecule has 1 aromatic rings. The lowest BCUT2D eigenvalue weighted by atomic mass is 9.99. The Morgan fingerprint density at radius 3 is 2.93 bits per heavy atom. The zero-order chi connectivity index (χ0) is 10.8. The number of fused-ring (bicyclic) bond motifs is 1. The van der Waals surface area contributed by atoms with Crippen molar-refractivity contribution in [3.8, 4) is 0 Å². The maximum absolute atomic E-state index is 3.63. The van der Waals surface area contributed by atoms with E-state index in [0.29, 0.717) is 0 Å². The minimum absolute atomic E-state index is 0.763. The highest BCUT2D eigenvalue weighted by molar-refractivity contribution is 9.10. The highest BCUT2D eigenvalue weighted by atomic mass is 79.9. The molecule has 82 valence electrons. The molecular formula is C13H18BrN. The predicted molar refractivity (Wildman–Crippen MR) is 68.0 cm³/mol. The molecule has 1 heterocycles. The van der Waals surface area contributed by atoms with Crippen LogP contribution in [0.3, 0.4) is 0 Å². The second kappa shape index (κ2) is 4.67. The van der Waals surface area contributed by atoms with Crippen LogP contribution in [-0.4, -0.2) is 18.0 Å². The van der Waals surface area contributed by atoms with Crippen LogP contribution >= 0.6 is 15.9 Å². The Morgan fingerprint density at radius 1 is 1.40 bits per heavy atom. The smallest absolute Gasteiger partial charge is 0.0237 e. The fraction of sp³-hybridized carbons (Fsp3) is 0.538. The normalized spacial score (nSPS) is 16.8. The monoisotopic (exact) mass is 267 g/mol. The third kappa shape index (κ3) is 2.61. The summed E-state index contributed by atoms with van der Waals surface area (Å²) in [7, 11) is 0. The van der Waals surface area contributed by atoms with Gasteiger partial charge in [0.2, 0.25) is 0 Å². The molecule has 0 saturated heterocycles. The van der Waals surface area contributed by atoms with Gasteiger partial charge < -0.3 is 0 Å². The molecule has 1 aliphatic heterocycles. The molecule has 0 amide bonds. The topological polar surface area (TPSA) is 3.24 Å². The Hall–Kier alpha value is -0.340. The quantitative estimate of drug-likeness (QED) is 0.794. The minimum Gasteiger partial charge on any atom is -0.298 e. The first-order chi connectivity index (χ1) is 7.16. The third-order valence-electron chi connectivity index (χ3n) is 2.91. The lowest BCUT2D eigenvalue weighted by molar-refractivity contribution is 0.226. The minimum atomic E-state index is 0.763. The first-order valence-corrected chi connectivity index (χ1v) is 6.44. The number of halogens is 1. The highest BCUT2D eigenvalue weighted by Crippen LogP contribution is 2.26. The fourth-order valence-electron chi connectivity index (χ4n) is 2.29. The molecule has 0 aromatic heterocycles. The van der Waals surface area contributed by atoms with Gasteiger partial charge in [-0.25, -0.2) is 0 Å². The van der Waals surface area contributed by atoms with Crippen LogP contribution in [0.15, 0.2) is 22.7 Å². The van der Waals surface area contributed by atoms with E-state index in [1.165, 1.54) is 35.1 Å². The van der Waals surface area contributed by atoms with E-state index in [4.69, 9.17) is 0 Å². The van der Waals surface area contributed by atoms with E-state index in [1.807, 2.05) is 0 Å². The number of benzene rings is 1. The summed E-state index contributed by atoms with van der Waals surface area (Å²) in [6, 6.07) is 6.55. The largest absolute Gasteiger partial charge is 0.298 e. The van der Waals surface area contributed by atoms with Crippen molar-refractivity contribution in [2.45, 2.75) is 26.8 Å². The van der Waals surface area contributed by atoms with E-state index in [-0.39, 0.29) is 0 Å². The van der Waals surface area contributed by atoms with Crippen LogP contribution in [0.5, 0.6) is 0 Å². The number of hydrogen-bond donors (Lipinski definition) is 0. The van der Waals surface area contributed by atoms with E-state index >= 15 is 0 Å². The number of hydrogen-bond acceptors (Lipinski definition) is 1. The van der Waals surface area contributed by atoms with Crippen LogP contribution in [0, 0.1) is 5.92 Å². The van der Waals surface area contributed by atoms with Crippen molar-refractivity contribution in [2.75, 3.05) is 13.1 Å². The maximum atomic E-state index is 3.63. The SMILES string of the molecule is CC(C)CN1CCc2c(Br)cccc2C1. The Kier molecular flexibility index (Phi) is 3.47. The van der Waals surface area contributed by atoms with Crippen molar-refractivity contribution in [2.24, 2.45) is 5.92 Å². The van der Waals surface area contributed by atoms with Crippen molar-refractivity contribution in [1.82, 2.24) is 4.90 Å². The standard InChI is InChI=1S/C13H18BrN/c1-10(2)8-15-7-6-12-11(9-15)4-3-5-13(12)14/h3-5,10H,6-9H2,1-2H3. The van der Waals surface area contributed by atoms with E-state index in [0.717, 1.165) is 12.5 Å². The maximum Gasteiger partial charge on any atom is 0.0237 e. The average Bonchev–Trinajstić information content (AvgIpc) is 2.17. The van der Waals surface area contributed by atoms with Gasteiger partial charge in [-0.05, 0) is 29.5 Å². The zero-order valence-corrected chi connectivity index (χ0v) is 11.0. The fourth-order valence-corrected chi connectivity index (χ4v) is 2.90. The van der Waals surface area contributed by atoms with Gasteiger partial charge in [0.15, 0.2) is 0 Å². The van der Waals surface area contributed by atoms with E-state index in [2.05, 4.69) is 52.9 Å². The van der Waals surface area contributed by atoms with Gasteiger partial charge in [0, 0.05) is 24.1 Å². The Balaban J connectivity index is 2.13. The van der Waals surface area contributed by atoms with E-state index < -0.39 is 0 Å². The molecule has 0 atom stereocenters. The number of nitrogens with zero attached hydrogens (tertiary/aromatic N) is 1. The van der Waals surface area contributed by atoms with Crippen LogP contribution in [0.25, 0.3) is 0 Å². The molecule has 0 radical (unpaired) electrons. The molecular weight excluding hydrogens is 250 g/mol.